The molecule has 0 bridgehead atoms. The molecule has 0 aromatic heterocycles. The number of hydrogen-bond donors (Lipinski definition) is 0. The van der Waals surface area contributed by atoms with E-state index in [2.05, 4.69) is 24.2 Å². The van der Waals surface area contributed by atoms with Crippen molar-refractivity contribution in [2.45, 2.75) is 20.5 Å². The van der Waals surface area contributed by atoms with Gasteiger partial charge in [-0.15, -0.1) is 0 Å². The van der Waals surface area contributed by atoms with Gasteiger partial charge in [0, 0.05) is 5.56 Å². The molecule has 0 N–H and O–H groups in total. The van der Waals surface area contributed by atoms with Crippen molar-refractivity contribution in [2.75, 3.05) is 6.61 Å². The molecule has 0 radical (unpaired) electrons. The first-order chi connectivity index (χ1) is 15.1. The number of aryl methyl sites for hydroxylation is 1. The quantitative estimate of drug-likeness (QED) is 0.389. The summed E-state index contributed by atoms with van der Waals surface area (Å²) in [6.45, 7) is 4.92. The highest BCUT2D eigenvalue weighted by molar-refractivity contribution is 6.31. The summed E-state index contributed by atoms with van der Waals surface area (Å²) in [5.74, 6) is 0.794. The van der Waals surface area contributed by atoms with Crippen molar-refractivity contribution in [3.63, 3.8) is 0 Å². The third-order valence-corrected chi connectivity index (χ3v) is 4.80. The van der Waals surface area contributed by atoms with E-state index < -0.39 is 5.97 Å². The first-order valence-corrected chi connectivity index (χ1v) is 10.2. The summed E-state index contributed by atoms with van der Waals surface area (Å²) in [7, 11) is 0. The van der Waals surface area contributed by atoms with Gasteiger partial charge in [-0.3, -0.25) is 0 Å². The first kappa shape index (κ1) is 20.4. The second-order valence-corrected chi connectivity index (χ2v) is 7.16. The van der Waals surface area contributed by atoms with E-state index >= 15 is 0 Å². The van der Waals surface area contributed by atoms with E-state index in [1.165, 1.54) is 5.56 Å². The minimum atomic E-state index is -0.475. The molecule has 0 saturated carbocycles. The number of hydrogen-bond acceptors (Lipinski definition) is 5. The van der Waals surface area contributed by atoms with Crippen molar-refractivity contribution in [2.24, 2.45) is 5.16 Å². The van der Waals surface area contributed by atoms with Crippen molar-refractivity contribution in [1.29, 1.82) is 0 Å². The van der Waals surface area contributed by atoms with Crippen LogP contribution in [-0.2, 0) is 16.2 Å². The fourth-order valence-electron chi connectivity index (χ4n) is 3.35. The Labute approximate surface area is 181 Å². The highest BCUT2D eigenvalue weighted by Gasteiger charge is 2.26. The van der Waals surface area contributed by atoms with Crippen LogP contribution in [0.25, 0.3) is 6.08 Å². The first-order valence-electron chi connectivity index (χ1n) is 10.2. The molecule has 0 amide bonds. The minimum absolute atomic E-state index is 0.405. The van der Waals surface area contributed by atoms with Crippen molar-refractivity contribution >= 4 is 17.8 Å². The standard InChI is InChI=1S/C26H23NO4/c1-3-29-24-16-19(12-13-23(24)30-17-20-9-7-8-18(2)14-20)15-22-25(27-31-26(22)28)21-10-5-4-6-11-21/h4-16H,3,17H2,1-2H3/b22-15+. The second-order valence-electron chi connectivity index (χ2n) is 7.16. The normalized spacial score (nSPS) is 14.3. The average molecular weight is 413 g/mol. The van der Waals surface area contributed by atoms with E-state index in [1.54, 1.807) is 6.08 Å². The molecule has 0 fully saturated rings. The Morgan fingerprint density at radius 2 is 1.77 bits per heavy atom. The maximum absolute atomic E-state index is 12.3. The third kappa shape index (κ3) is 4.83. The summed E-state index contributed by atoms with van der Waals surface area (Å²) in [5.41, 5.74) is 4.82. The number of carbonyl (C=O) groups excluding carboxylic acids is 1. The summed E-state index contributed by atoms with van der Waals surface area (Å²) in [6, 6.07) is 23.3. The van der Waals surface area contributed by atoms with Gasteiger partial charge in [0.1, 0.15) is 12.3 Å². The lowest BCUT2D eigenvalue weighted by atomic mass is 10.0. The topological polar surface area (TPSA) is 57.1 Å². The summed E-state index contributed by atoms with van der Waals surface area (Å²) < 4.78 is 11.8. The van der Waals surface area contributed by atoms with Crippen molar-refractivity contribution in [3.05, 3.63) is 101 Å². The van der Waals surface area contributed by atoms with Crippen LogP contribution in [0, 0.1) is 6.92 Å². The van der Waals surface area contributed by atoms with Crippen molar-refractivity contribution < 1.29 is 19.1 Å². The molecule has 0 atom stereocenters. The predicted molar refractivity (Wildman–Crippen MR) is 120 cm³/mol. The van der Waals surface area contributed by atoms with Gasteiger partial charge in [-0.1, -0.05) is 71.4 Å². The van der Waals surface area contributed by atoms with Crippen LogP contribution in [-0.4, -0.2) is 18.3 Å². The van der Waals surface area contributed by atoms with Gasteiger partial charge in [-0.05, 0) is 43.2 Å². The molecule has 5 heteroatoms. The summed E-state index contributed by atoms with van der Waals surface area (Å²) in [6.07, 6.45) is 1.76. The zero-order chi connectivity index (χ0) is 21.6. The number of ether oxygens (including phenoxy) is 2. The molecular formula is C26H23NO4. The molecule has 3 aromatic carbocycles. The van der Waals surface area contributed by atoms with Crippen molar-refractivity contribution in [1.82, 2.24) is 0 Å². The van der Waals surface area contributed by atoms with Crippen LogP contribution in [0.4, 0.5) is 0 Å². The highest BCUT2D eigenvalue weighted by Crippen LogP contribution is 2.31. The van der Waals surface area contributed by atoms with Crippen LogP contribution in [0.3, 0.4) is 0 Å². The molecule has 5 nitrogen and oxygen atoms in total. The third-order valence-electron chi connectivity index (χ3n) is 4.80. The molecule has 1 heterocycles. The van der Waals surface area contributed by atoms with Crippen LogP contribution in [0.1, 0.15) is 29.2 Å². The lowest BCUT2D eigenvalue weighted by Gasteiger charge is -2.13. The molecule has 0 unspecified atom stereocenters. The number of nitrogens with zero attached hydrogens (tertiary/aromatic N) is 1. The molecule has 4 rings (SSSR count). The highest BCUT2D eigenvalue weighted by atomic mass is 16.7. The molecule has 1 aliphatic rings. The molecule has 1 aliphatic heterocycles. The smallest absolute Gasteiger partial charge is 0.368 e. The van der Waals surface area contributed by atoms with Gasteiger partial charge in [-0.25, -0.2) is 4.79 Å². The monoisotopic (exact) mass is 413 g/mol. The van der Waals surface area contributed by atoms with Gasteiger partial charge in [-0.2, -0.15) is 0 Å². The van der Waals surface area contributed by atoms with Crippen LogP contribution < -0.4 is 9.47 Å². The van der Waals surface area contributed by atoms with Crippen LogP contribution >= 0.6 is 0 Å². The minimum Gasteiger partial charge on any atom is -0.490 e. The predicted octanol–water partition coefficient (Wildman–Crippen LogP) is 5.32. The zero-order valence-electron chi connectivity index (χ0n) is 17.5. The van der Waals surface area contributed by atoms with Gasteiger partial charge in [0.05, 0.1) is 12.2 Å². The fraction of sp³-hybridized carbons (Fsp3) is 0.154. The Kier molecular flexibility index (Phi) is 6.13. The Bertz CT molecular complexity index is 1150. The molecule has 0 saturated heterocycles. The van der Waals surface area contributed by atoms with E-state index in [9.17, 15) is 4.79 Å². The lowest BCUT2D eigenvalue weighted by Crippen LogP contribution is -2.06. The number of benzene rings is 3. The summed E-state index contributed by atoms with van der Waals surface area (Å²) >= 11 is 0. The van der Waals surface area contributed by atoms with Crippen molar-refractivity contribution in [3.8, 4) is 11.5 Å². The molecule has 0 spiro atoms. The van der Waals surface area contributed by atoms with E-state index in [1.807, 2.05) is 67.6 Å². The Hall–Kier alpha value is -3.86. The largest absolute Gasteiger partial charge is 0.490 e. The maximum Gasteiger partial charge on any atom is 0.368 e. The van der Waals surface area contributed by atoms with Crippen LogP contribution in [0.5, 0.6) is 11.5 Å². The molecule has 31 heavy (non-hydrogen) atoms. The molecule has 3 aromatic rings. The van der Waals surface area contributed by atoms with Gasteiger partial charge >= 0.3 is 5.97 Å². The fourth-order valence-corrected chi connectivity index (χ4v) is 3.35. The van der Waals surface area contributed by atoms with E-state index in [4.69, 9.17) is 14.3 Å². The maximum atomic E-state index is 12.3. The van der Waals surface area contributed by atoms with Crippen LogP contribution in [0.2, 0.25) is 0 Å². The van der Waals surface area contributed by atoms with E-state index in [0.717, 1.165) is 16.7 Å². The Balaban J connectivity index is 1.59. The van der Waals surface area contributed by atoms with E-state index in [0.29, 0.717) is 36.0 Å². The summed E-state index contributed by atoms with van der Waals surface area (Å²) in [5, 5.41) is 3.95. The SMILES string of the molecule is CCOc1cc(/C=C2/C(=O)ON=C2c2ccccc2)ccc1OCc1cccc(C)c1. The average Bonchev–Trinajstić information content (AvgIpc) is 3.14. The number of oxime groups is 1. The number of carbonyl (C=O) groups is 1. The Morgan fingerprint density at radius 1 is 0.935 bits per heavy atom. The number of rotatable bonds is 7. The van der Waals surface area contributed by atoms with Crippen LogP contribution in [0.15, 0.2) is 83.5 Å². The lowest BCUT2D eigenvalue weighted by molar-refractivity contribution is -0.136. The van der Waals surface area contributed by atoms with Gasteiger partial charge in [0.15, 0.2) is 11.5 Å². The zero-order valence-corrected chi connectivity index (χ0v) is 17.5. The van der Waals surface area contributed by atoms with E-state index in [-0.39, 0.29) is 0 Å². The summed E-state index contributed by atoms with van der Waals surface area (Å²) in [4.78, 5) is 17.2. The second kappa shape index (κ2) is 9.30. The molecule has 0 aliphatic carbocycles. The van der Waals surface area contributed by atoms with Gasteiger partial charge in [0.25, 0.3) is 0 Å². The molecular weight excluding hydrogens is 390 g/mol. The Morgan fingerprint density at radius 3 is 2.55 bits per heavy atom. The van der Waals surface area contributed by atoms with Gasteiger partial charge in [0.2, 0.25) is 0 Å². The molecule has 156 valence electrons. The van der Waals surface area contributed by atoms with Gasteiger partial charge < -0.3 is 14.3 Å².